The average Bonchev–Trinajstić information content (AvgIpc) is 3.19. The van der Waals surface area contributed by atoms with Crippen LogP contribution in [0.1, 0.15) is 43.1 Å². The maximum absolute atomic E-state index is 5.46. The molecular formula is C18H24N6O. The summed E-state index contributed by atoms with van der Waals surface area (Å²) in [6.45, 7) is 3.83. The number of benzene rings is 1. The average molecular weight is 340 g/mol. The third-order valence-corrected chi connectivity index (χ3v) is 5.01. The fraction of sp³-hybridized carbons (Fsp3) is 0.500. The molecule has 0 radical (unpaired) electrons. The van der Waals surface area contributed by atoms with Crippen LogP contribution in [0, 0.1) is 0 Å². The normalized spacial score (nSPS) is 17.1. The van der Waals surface area contributed by atoms with Gasteiger partial charge in [-0.3, -0.25) is 4.68 Å². The lowest BCUT2D eigenvalue weighted by atomic mass is 9.96. The fourth-order valence-electron chi connectivity index (χ4n) is 3.56. The molecule has 1 atom stereocenters. The van der Waals surface area contributed by atoms with Gasteiger partial charge in [-0.15, -0.1) is 5.10 Å². The van der Waals surface area contributed by atoms with Gasteiger partial charge in [0.05, 0.1) is 22.9 Å². The Morgan fingerprint density at radius 3 is 2.76 bits per heavy atom. The Morgan fingerprint density at radius 2 is 1.96 bits per heavy atom. The molecule has 1 fully saturated rings. The number of aryl methyl sites for hydroxylation is 2. The zero-order chi connectivity index (χ0) is 17.4. The molecule has 7 heteroatoms. The van der Waals surface area contributed by atoms with Crippen LogP contribution >= 0.6 is 0 Å². The molecule has 7 nitrogen and oxygen atoms in total. The fourth-order valence-corrected chi connectivity index (χ4v) is 3.56. The van der Waals surface area contributed by atoms with Gasteiger partial charge in [0.2, 0.25) is 0 Å². The van der Waals surface area contributed by atoms with Crippen LogP contribution in [-0.4, -0.2) is 38.0 Å². The molecule has 3 aromatic rings. The van der Waals surface area contributed by atoms with Gasteiger partial charge in [0.1, 0.15) is 5.52 Å². The summed E-state index contributed by atoms with van der Waals surface area (Å²) in [5.41, 5.74) is 5.32. The van der Waals surface area contributed by atoms with E-state index in [1.165, 1.54) is 11.4 Å². The molecule has 1 aromatic carbocycles. The van der Waals surface area contributed by atoms with Crippen molar-refractivity contribution in [3.8, 4) is 0 Å². The highest BCUT2D eigenvalue weighted by atomic mass is 16.5. The van der Waals surface area contributed by atoms with Crippen molar-refractivity contribution in [2.24, 2.45) is 14.1 Å². The summed E-state index contributed by atoms with van der Waals surface area (Å²) in [6, 6.07) is 8.53. The molecule has 25 heavy (non-hydrogen) atoms. The zero-order valence-corrected chi connectivity index (χ0v) is 14.9. The van der Waals surface area contributed by atoms with Crippen molar-refractivity contribution >= 4 is 16.7 Å². The minimum absolute atomic E-state index is 0.153. The first-order chi connectivity index (χ1) is 12.1. The van der Waals surface area contributed by atoms with Gasteiger partial charge in [-0.2, -0.15) is 5.10 Å². The van der Waals surface area contributed by atoms with Crippen LogP contribution in [0.3, 0.4) is 0 Å². The molecule has 4 rings (SSSR count). The number of nitrogens with zero attached hydrogens (tertiary/aromatic N) is 5. The van der Waals surface area contributed by atoms with Gasteiger partial charge in [0.25, 0.3) is 0 Å². The second-order valence-corrected chi connectivity index (χ2v) is 6.79. The molecule has 1 saturated heterocycles. The molecule has 2 aromatic heterocycles. The Labute approximate surface area is 147 Å². The van der Waals surface area contributed by atoms with E-state index in [9.17, 15) is 0 Å². The lowest BCUT2D eigenvalue weighted by Crippen LogP contribution is -2.14. The van der Waals surface area contributed by atoms with E-state index in [1.807, 2.05) is 30.9 Å². The minimum Gasteiger partial charge on any atom is -0.381 e. The van der Waals surface area contributed by atoms with E-state index in [0.29, 0.717) is 5.92 Å². The molecule has 0 amide bonds. The van der Waals surface area contributed by atoms with E-state index in [0.717, 1.165) is 42.8 Å². The number of aromatic nitrogens is 5. The maximum Gasteiger partial charge on any atom is 0.115 e. The van der Waals surface area contributed by atoms with Gasteiger partial charge in [-0.25, -0.2) is 4.68 Å². The predicted molar refractivity (Wildman–Crippen MR) is 96.5 cm³/mol. The molecule has 0 bridgehead atoms. The lowest BCUT2D eigenvalue weighted by molar-refractivity contribution is 0.0844. The zero-order valence-electron chi connectivity index (χ0n) is 14.9. The summed E-state index contributed by atoms with van der Waals surface area (Å²) < 4.78 is 9.23. The molecule has 1 aliphatic heterocycles. The van der Waals surface area contributed by atoms with E-state index >= 15 is 0 Å². The molecular weight excluding hydrogens is 316 g/mol. The van der Waals surface area contributed by atoms with Crippen LogP contribution in [-0.2, 0) is 18.8 Å². The van der Waals surface area contributed by atoms with Crippen molar-refractivity contribution in [2.75, 3.05) is 18.5 Å². The first-order valence-electron chi connectivity index (χ1n) is 8.79. The molecule has 0 aliphatic carbocycles. The van der Waals surface area contributed by atoms with Crippen LogP contribution in [0.5, 0.6) is 0 Å². The first-order valence-corrected chi connectivity index (χ1v) is 8.79. The quantitative estimate of drug-likeness (QED) is 0.791. The number of rotatable bonds is 4. The van der Waals surface area contributed by atoms with Gasteiger partial charge in [-0.1, -0.05) is 5.21 Å². The topological polar surface area (TPSA) is 69.8 Å². The number of anilines is 1. The third-order valence-electron chi connectivity index (χ3n) is 5.01. The molecule has 3 heterocycles. The maximum atomic E-state index is 5.46. The summed E-state index contributed by atoms with van der Waals surface area (Å²) in [5, 5.41) is 16.5. The van der Waals surface area contributed by atoms with Crippen LogP contribution in [0.2, 0.25) is 0 Å². The standard InChI is InChI=1S/C18H24N6O/c1-12(19-14-4-5-17-16(10-14)20-22-24(17)3)18-11-15(21-23(18)2)13-6-8-25-9-7-13/h4-5,10-13,19H,6-9H2,1-3H3. The monoisotopic (exact) mass is 340 g/mol. The Balaban J connectivity index is 1.53. The highest BCUT2D eigenvalue weighted by Gasteiger charge is 2.21. The summed E-state index contributed by atoms with van der Waals surface area (Å²) >= 11 is 0. The van der Waals surface area contributed by atoms with Crippen molar-refractivity contribution in [1.29, 1.82) is 0 Å². The van der Waals surface area contributed by atoms with Gasteiger partial charge < -0.3 is 10.1 Å². The van der Waals surface area contributed by atoms with Gasteiger partial charge in [0, 0.05) is 38.9 Å². The van der Waals surface area contributed by atoms with E-state index in [4.69, 9.17) is 9.84 Å². The lowest BCUT2D eigenvalue weighted by Gasteiger charge is -2.19. The van der Waals surface area contributed by atoms with E-state index in [2.05, 4.69) is 34.7 Å². The second-order valence-electron chi connectivity index (χ2n) is 6.79. The molecule has 0 saturated carbocycles. The number of nitrogens with one attached hydrogen (secondary N) is 1. The van der Waals surface area contributed by atoms with Gasteiger partial charge in [0.15, 0.2) is 0 Å². The molecule has 1 unspecified atom stereocenters. The Hall–Kier alpha value is -2.41. The van der Waals surface area contributed by atoms with Crippen molar-refractivity contribution in [1.82, 2.24) is 24.8 Å². The van der Waals surface area contributed by atoms with Gasteiger partial charge >= 0.3 is 0 Å². The summed E-state index contributed by atoms with van der Waals surface area (Å²) in [6.07, 6.45) is 2.11. The predicted octanol–water partition coefficient (Wildman–Crippen LogP) is 2.77. The largest absolute Gasteiger partial charge is 0.381 e. The number of hydrogen-bond donors (Lipinski definition) is 1. The van der Waals surface area contributed by atoms with Crippen molar-refractivity contribution in [2.45, 2.75) is 31.7 Å². The number of hydrogen-bond acceptors (Lipinski definition) is 5. The highest BCUT2D eigenvalue weighted by Crippen LogP contribution is 2.29. The van der Waals surface area contributed by atoms with Crippen molar-refractivity contribution < 1.29 is 4.74 Å². The smallest absolute Gasteiger partial charge is 0.115 e. The van der Waals surface area contributed by atoms with Crippen LogP contribution in [0.25, 0.3) is 11.0 Å². The first kappa shape index (κ1) is 16.1. The van der Waals surface area contributed by atoms with Crippen LogP contribution in [0.15, 0.2) is 24.3 Å². The molecule has 1 N–H and O–H groups in total. The van der Waals surface area contributed by atoms with Crippen molar-refractivity contribution in [3.63, 3.8) is 0 Å². The minimum atomic E-state index is 0.153. The van der Waals surface area contributed by atoms with Crippen LogP contribution in [0.4, 0.5) is 5.69 Å². The summed E-state index contributed by atoms with van der Waals surface area (Å²) in [7, 11) is 3.92. The Morgan fingerprint density at radius 1 is 1.16 bits per heavy atom. The molecule has 132 valence electrons. The van der Waals surface area contributed by atoms with E-state index in [1.54, 1.807) is 4.68 Å². The van der Waals surface area contributed by atoms with Crippen LogP contribution < -0.4 is 5.32 Å². The summed E-state index contributed by atoms with van der Waals surface area (Å²) in [5.74, 6) is 0.511. The molecule has 1 aliphatic rings. The number of ether oxygens (including phenoxy) is 1. The number of fused-ring (bicyclic) bond motifs is 1. The summed E-state index contributed by atoms with van der Waals surface area (Å²) in [4.78, 5) is 0. The second kappa shape index (κ2) is 6.48. The third kappa shape index (κ3) is 3.11. The van der Waals surface area contributed by atoms with E-state index in [-0.39, 0.29) is 6.04 Å². The Kier molecular flexibility index (Phi) is 4.17. The SMILES string of the molecule is CC(Nc1ccc2c(c1)nnn2C)c1cc(C2CCOCC2)nn1C. The van der Waals surface area contributed by atoms with Gasteiger partial charge in [-0.05, 0) is 44.0 Å². The Bertz CT molecular complexity index is 877. The highest BCUT2D eigenvalue weighted by molar-refractivity contribution is 5.78. The van der Waals surface area contributed by atoms with Crippen molar-refractivity contribution in [3.05, 3.63) is 35.7 Å². The molecule has 0 spiro atoms. The van der Waals surface area contributed by atoms with E-state index < -0.39 is 0 Å².